The highest BCUT2D eigenvalue weighted by molar-refractivity contribution is 7.89. The molecule has 0 atom stereocenters. The Labute approximate surface area is 85.8 Å². The van der Waals surface area contributed by atoms with Crippen molar-refractivity contribution in [2.45, 2.75) is 12.5 Å². The number of hydrogen-bond acceptors (Lipinski definition) is 5. The van der Waals surface area contributed by atoms with E-state index in [4.69, 9.17) is 18.4 Å². The fourth-order valence-electron chi connectivity index (χ4n) is 1.05. The molecule has 0 unspecified atom stereocenters. The van der Waals surface area contributed by atoms with Crippen LogP contribution in [0.15, 0.2) is 0 Å². The van der Waals surface area contributed by atoms with E-state index in [0.717, 1.165) is 0 Å². The van der Waals surface area contributed by atoms with Crippen LogP contribution in [0, 0.1) is 0 Å². The zero-order valence-electron chi connectivity index (χ0n) is 8.65. The Hall–Kier alpha value is 0.00688. The third-order valence-corrected chi connectivity index (χ3v) is 5.53. The van der Waals surface area contributed by atoms with Crippen LogP contribution in [0.5, 0.6) is 0 Å². The van der Waals surface area contributed by atoms with Crippen molar-refractivity contribution in [3.8, 4) is 0 Å². The lowest BCUT2D eigenvalue weighted by molar-refractivity contribution is 0.123. The first-order valence-electron chi connectivity index (χ1n) is 4.05. The molecule has 0 aliphatic heterocycles. The van der Waals surface area contributed by atoms with Gasteiger partial charge in [0.15, 0.2) is 0 Å². The number of primary sulfonamides is 1. The van der Waals surface area contributed by atoms with Crippen LogP contribution in [0.25, 0.3) is 0 Å². The van der Waals surface area contributed by atoms with Crippen molar-refractivity contribution in [1.82, 2.24) is 0 Å². The molecule has 0 heterocycles. The Balaban J connectivity index is 4.08. The van der Waals surface area contributed by atoms with E-state index >= 15 is 0 Å². The summed E-state index contributed by atoms with van der Waals surface area (Å²) in [5.41, 5.74) is 0. The van der Waals surface area contributed by atoms with Gasteiger partial charge >= 0.3 is 8.80 Å². The normalized spacial score (nSPS) is 13.1. The van der Waals surface area contributed by atoms with Gasteiger partial charge in [0.25, 0.3) is 0 Å². The summed E-state index contributed by atoms with van der Waals surface area (Å²) in [5, 5.41) is 4.85. The molecule has 0 fully saturated rings. The van der Waals surface area contributed by atoms with E-state index < -0.39 is 18.8 Å². The Morgan fingerprint density at radius 1 is 1.14 bits per heavy atom. The van der Waals surface area contributed by atoms with E-state index in [2.05, 4.69) is 0 Å². The predicted octanol–water partition coefficient (Wildman–Crippen LogP) is -0.457. The molecule has 6 nitrogen and oxygen atoms in total. The minimum Gasteiger partial charge on any atom is -0.377 e. The Morgan fingerprint density at radius 3 is 1.86 bits per heavy atom. The highest BCUT2D eigenvalue weighted by atomic mass is 32.2. The Bertz CT molecular complexity index is 243. The van der Waals surface area contributed by atoms with Gasteiger partial charge in [0.2, 0.25) is 10.0 Å². The van der Waals surface area contributed by atoms with Crippen LogP contribution in [0.1, 0.15) is 6.42 Å². The van der Waals surface area contributed by atoms with Gasteiger partial charge in [-0.15, -0.1) is 0 Å². The van der Waals surface area contributed by atoms with Crippen LogP contribution in [-0.4, -0.2) is 44.3 Å². The van der Waals surface area contributed by atoms with E-state index in [1.54, 1.807) is 0 Å². The lowest BCUT2D eigenvalue weighted by atomic mass is 10.6. The second-order valence-corrected chi connectivity index (χ2v) is 7.59. The van der Waals surface area contributed by atoms with Gasteiger partial charge in [-0.25, -0.2) is 13.6 Å². The topological polar surface area (TPSA) is 87.9 Å². The van der Waals surface area contributed by atoms with Crippen LogP contribution >= 0.6 is 0 Å². The maximum Gasteiger partial charge on any atom is 0.500 e. The number of hydrogen-bond donors (Lipinski definition) is 1. The summed E-state index contributed by atoms with van der Waals surface area (Å²) in [6.45, 7) is 0. The summed E-state index contributed by atoms with van der Waals surface area (Å²) >= 11 is 0. The zero-order chi connectivity index (χ0) is 11.2. The molecule has 0 aromatic carbocycles. The van der Waals surface area contributed by atoms with Gasteiger partial charge in [-0.3, -0.25) is 0 Å². The standard InChI is InChI=1S/C6H17NO5SSi/c1-10-14(11-2,12-3)6-4-5-13(7,8)9/h4-6H2,1-3H3,(H2,7,8,9). The molecule has 0 radical (unpaired) electrons. The average Bonchev–Trinajstić information content (AvgIpc) is 2.11. The molecule has 0 saturated heterocycles. The van der Waals surface area contributed by atoms with Gasteiger partial charge in [-0.1, -0.05) is 0 Å². The van der Waals surface area contributed by atoms with Crippen LogP contribution in [-0.2, 0) is 23.3 Å². The lowest BCUT2D eigenvalue weighted by Crippen LogP contribution is -2.43. The van der Waals surface area contributed by atoms with Crippen molar-refractivity contribution in [2.24, 2.45) is 5.14 Å². The molecule has 0 rings (SSSR count). The molecule has 8 heteroatoms. The number of sulfonamides is 1. The van der Waals surface area contributed by atoms with Crippen molar-refractivity contribution >= 4 is 18.8 Å². The van der Waals surface area contributed by atoms with E-state index in [1.807, 2.05) is 0 Å². The predicted molar refractivity (Wildman–Crippen MR) is 54.2 cm³/mol. The Kier molecular flexibility index (Phi) is 5.79. The quantitative estimate of drug-likeness (QED) is 0.611. The molecule has 14 heavy (non-hydrogen) atoms. The second kappa shape index (κ2) is 5.78. The van der Waals surface area contributed by atoms with Gasteiger partial charge in [-0.05, 0) is 6.42 Å². The maximum atomic E-state index is 10.7. The van der Waals surface area contributed by atoms with Crippen molar-refractivity contribution in [2.75, 3.05) is 27.1 Å². The van der Waals surface area contributed by atoms with Gasteiger partial charge in [0, 0.05) is 27.4 Å². The van der Waals surface area contributed by atoms with Crippen molar-refractivity contribution in [3.63, 3.8) is 0 Å². The highest BCUT2D eigenvalue weighted by Crippen LogP contribution is 2.14. The number of rotatable bonds is 7. The van der Waals surface area contributed by atoms with Crippen LogP contribution in [0.4, 0.5) is 0 Å². The largest absolute Gasteiger partial charge is 0.500 e. The summed E-state index contributed by atoms with van der Waals surface area (Å²) in [4.78, 5) is 0. The first-order chi connectivity index (χ1) is 6.39. The molecule has 0 bridgehead atoms. The first-order valence-corrected chi connectivity index (χ1v) is 7.70. The molecule has 0 aromatic heterocycles. The van der Waals surface area contributed by atoms with Gasteiger partial charge in [-0.2, -0.15) is 0 Å². The smallest absolute Gasteiger partial charge is 0.377 e. The zero-order valence-corrected chi connectivity index (χ0v) is 10.5. The molecular weight excluding hydrogens is 226 g/mol. The summed E-state index contributed by atoms with van der Waals surface area (Å²) in [6, 6.07) is 0.437. The van der Waals surface area contributed by atoms with E-state index in [-0.39, 0.29) is 5.75 Å². The molecule has 2 N–H and O–H groups in total. The second-order valence-electron chi connectivity index (χ2n) is 2.77. The third-order valence-electron chi connectivity index (χ3n) is 1.84. The summed E-state index contributed by atoms with van der Waals surface area (Å²) in [7, 11) is -1.61. The lowest BCUT2D eigenvalue weighted by Gasteiger charge is -2.23. The summed E-state index contributed by atoms with van der Waals surface area (Å²) in [6.07, 6.45) is 0.376. The Morgan fingerprint density at radius 2 is 1.57 bits per heavy atom. The molecule has 0 spiro atoms. The van der Waals surface area contributed by atoms with Crippen LogP contribution < -0.4 is 5.14 Å². The molecule has 0 amide bonds. The van der Waals surface area contributed by atoms with Gasteiger partial charge < -0.3 is 13.3 Å². The van der Waals surface area contributed by atoms with Crippen LogP contribution in [0.2, 0.25) is 6.04 Å². The molecule has 0 aliphatic rings. The van der Waals surface area contributed by atoms with E-state index in [1.165, 1.54) is 21.3 Å². The molecule has 0 saturated carbocycles. The summed E-state index contributed by atoms with van der Waals surface area (Å²) < 4.78 is 36.6. The van der Waals surface area contributed by atoms with Crippen molar-refractivity contribution < 1.29 is 21.7 Å². The fourth-order valence-corrected chi connectivity index (χ4v) is 3.57. The molecule has 86 valence electrons. The fraction of sp³-hybridized carbons (Fsp3) is 1.00. The summed E-state index contributed by atoms with van der Waals surface area (Å²) in [5.74, 6) is -0.0855. The average molecular weight is 243 g/mol. The van der Waals surface area contributed by atoms with Crippen molar-refractivity contribution in [3.05, 3.63) is 0 Å². The monoisotopic (exact) mass is 243 g/mol. The third kappa shape index (κ3) is 5.03. The van der Waals surface area contributed by atoms with Crippen LogP contribution in [0.3, 0.4) is 0 Å². The van der Waals surface area contributed by atoms with Crippen molar-refractivity contribution in [1.29, 1.82) is 0 Å². The molecular formula is C6H17NO5SSi. The number of nitrogens with two attached hydrogens (primary N) is 1. The van der Waals surface area contributed by atoms with Gasteiger partial charge in [0.05, 0.1) is 5.75 Å². The first kappa shape index (κ1) is 14.0. The maximum absolute atomic E-state index is 10.7. The highest BCUT2D eigenvalue weighted by Gasteiger charge is 2.37. The SMILES string of the molecule is CO[Si](CCCS(N)(=O)=O)(OC)OC. The molecule has 0 aromatic rings. The molecule has 0 aliphatic carbocycles. The van der Waals surface area contributed by atoms with Gasteiger partial charge in [0.1, 0.15) is 0 Å². The minimum absolute atomic E-state index is 0.0855. The minimum atomic E-state index is -3.42. The van der Waals surface area contributed by atoms with E-state index in [9.17, 15) is 8.42 Å². The van der Waals surface area contributed by atoms with E-state index in [0.29, 0.717) is 12.5 Å².